The molecule has 1 unspecified atom stereocenters. The van der Waals surface area contributed by atoms with Gasteiger partial charge in [-0.05, 0) is 19.8 Å². The summed E-state index contributed by atoms with van der Waals surface area (Å²) in [4.78, 5) is 6.41. The van der Waals surface area contributed by atoms with Crippen LogP contribution in [0.1, 0.15) is 25.5 Å². The number of nitrogens with zero attached hydrogens (tertiary/aromatic N) is 2. The lowest BCUT2D eigenvalue weighted by Gasteiger charge is -2.21. The largest absolute Gasteiger partial charge is 0.432 e. The van der Waals surface area contributed by atoms with Crippen LogP contribution in [0.25, 0.3) is 0 Å². The predicted molar refractivity (Wildman–Crippen MR) is 61.3 cm³/mol. The fourth-order valence-electron chi connectivity index (χ4n) is 1.91. The number of likely N-dealkylation sites (N-methyl/N-ethyl adjacent to an activating group) is 1. The molecule has 0 amide bonds. The molecular formula is C11H19N3O2. The van der Waals surface area contributed by atoms with Gasteiger partial charge in [0.15, 0.2) is 0 Å². The van der Waals surface area contributed by atoms with E-state index in [1.165, 1.54) is 0 Å². The van der Waals surface area contributed by atoms with E-state index in [-0.39, 0.29) is 0 Å². The first-order valence-corrected chi connectivity index (χ1v) is 5.84. The number of anilines is 1. The van der Waals surface area contributed by atoms with Crippen LogP contribution in [0, 0.1) is 0 Å². The fourth-order valence-corrected chi connectivity index (χ4v) is 1.91. The summed E-state index contributed by atoms with van der Waals surface area (Å²) in [5.41, 5.74) is 6.30. The Morgan fingerprint density at radius 3 is 3.06 bits per heavy atom. The van der Waals surface area contributed by atoms with Crippen molar-refractivity contribution in [1.82, 2.24) is 4.98 Å². The Hall–Kier alpha value is -1.07. The summed E-state index contributed by atoms with van der Waals surface area (Å²) in [6.07, 6.45) is 4.21. The quantitative estimate of drug-likeness (QED) is 0.814. The van der Waals surface area contributed by atoms with Crippen molar-refractivity contribution in [3.63, 3.8) is 0 Å². The smallest absolute Gasteiger partial charge is 0.297 e. The van der Waals surface area contributed by atoms with Gasteiger partial charge in [-0.3, -0.25) is 0 Å². The lowest BCUT2D eigenvalue weighted by Crippen LogP contribution is -2.32. The Bertz CT molecular complexity index is 321. The molecule has 0 saturated carbocycles. The van der Waals surface area contributed by atoms with Gasteiger partial charge in [-0.2, -0.15) is 4.98 Å². The summed E-state index contributed by atoms with van der Waals surface area (Å²) in [5.74, 6) is 0. The number of ether oxygens (including phenoxy) is 1. The maximum Gasteiger partial charge on any atom is 0.297 e. The molecule has 2 rings (SSSR count). The first-order valence-electron chi connectivity index (χ1n) is 5.84. The van der Waals surface area contributed by atoms with Crippen LogP contribution in [-0.2, 0) is 11.3 Å². The minimum atomic E-state index is 0.313. The average molecular weight is 225 g/mol. The average Bonchev–Trinajstić information content (AvgIpc) is 2.96. The van der Waals surface area contributed by atoms with Crippen molar-refractivity contribution in [2.45, 2.75) is 32.4 Å². The van der Waals surface area contributed by atoms with Crippen LogP contribution in [0.5, 0.6) is 0 Å². The molecule has 1 aromatic heterocycles. The molecule has 2 heterocycles. The van der Waals surface area contributed by atoms with Gasteiger partial charge in [0.25, 0.3) is 6.01 Å². The van der Waals surface area contributed by atoms with Crippen LogP contribution in [-0.4, -0.2) is 30.8 Å². The molecule has 1 aromatic rings. The number of hydrogen-bond acceptors (Lipinski definition) is 5. The van der Waals surface area contributed by atoms with Crippen LogP contribution in [0.4, 0.5) is 6.01 Å². The number of aromatic nitrogens is 1. The SMILES string of the molecule is CCN(CC1CCCO1)c1nc(CN)co1. The van der Waals surface area contributed by atoms with Crippen LogP contribution in [0.15, 0.2) is 10.7 Å². The normalized spacial score (nSPS) is 20.2. The molecule has 1 fully saturated rings. The summed E-state index contributed by atoms with van der Waals surface area (Å²) in [6.45, 7) is 5.09. The second-order valence-corrected chi connectivity index (χ2v) is 4.00. The molecule has 1 aliphatic heterocycles. The van der Waals surface area contributed by atoms with Crippen molar-refractivity contribution in [1.29, 1.82) is 0 Å². The van der Waals surface area contributed by atoms with E-state index in [1.54, 1.807) is 6.26 Å². The zero-order valence-corrected chi connectivity index (χ0v) is 9.69. The van der Waals surface area contributed by atoms with Crippen molar-refractivity contribution in [3.05, 3.63) is 12.0 Å². The molecule has 1 atom stereocenters. The molecule has 0 spiro atoms. The second-order valence-electron chi connectivity index (χ2n) is 4.00. The summed E-state index contributed by atoms with van der Waals surface area (Å²) >= 11 is 0. The van der Waals surface area contributed by atoms with Crippen molar-refractivity contribution in [3.8, 4) is 0 Å². The Morgan fingerprint density at radius 2 is 2.50 bits per heavy atom. The maximum atomic E-state index is 5.60. The van der Waals surface area contributed by atoms with E-state index in [0.717, 1.165) is 38.2 Å². The third-order valence-electron chi connectivity index (χ3n) is 2.85. The van der Waals surface area contributed by atoms with Crippen LogP contribution < -0.4 is 10.6 Å². The molecule has 1 saturated heterocycles. The monoisotopic (exact) mass is 225 g/mol. The molecule has 16 heavy (non-hydrogen) atoms. The second kappa shape index (κ2) is 5.32. The van der Waals surface area contributed by atoms with E-state index < -0.39 is 0 Å². The van der Waals surface area contributed by atoms with Crippen molar-refractivity contribution >= 4 is 6.01 Å². The first kappa shape index (κ1) is 11.4. The van der Waals surface area contributed by atoms with E-state index in [2.05, 4.69) is 16.8 Å². The third-order valence-corrected chi connectivity index (χ3v) is 2.85. The predicted octanol–water partition coefficient (Wildman–Crippen LogP) is 1.14. The Kier molecular flexibility index (Phi) is 3.79. The van der Waals surface area contributed by atoms with E-state index in [9.17, 15) is 0 Å². The van der Waals surface area contributed by atoms with Crippen LogP contribution in [0.3, 0.4) is 0 Å². The molecular weight excluding hydrogens is 206 g/mol. The minimum absolute atomic E-state index is 0.313. The minimum Gasteiger partial charge on any atom is -0.432 e. The lowest BCUT2D eigenvalue weighted by atomic mass is 10.2. The maximum absolute atomic E-state index is 5.60. The molecule has 0 radical (unpaired) electrons. The number of rotatable bonds is 5. The van der Waals surface area contributed by atoms with Gasteiger partial charge in [0.1, 0.15) is 6.26 Å². The molecule has 0 aromatic carbocycles. The molecule has 90 valence electrons. The van der Waals surface area contributed by atoms with Crippen molar-refractivity contribution in [2.24, 2.45) is 5.73 Å². The van der Waals surface area contributed by atoms with Gasteiger partial charge < -0.3 is 19.8 Å². The zero-order valence-electron chi connectivity index (χ0n) is 9.69. The standard InChI is InChI=1S/C11H19N3O2/c1-2-14(7-10-4-3-5-15-10)11-13-9(6-12)8-16-11/h8,10H,2-7,12H2,1H3. The molecule has 0 aliphatic carbocycles. The fraction of sp³-hybridized carbons (Fsp3) is 0.727. The van der Waals surface area contributed by atoms with Gasteiger partial charge in [-0.1, -0.05) is 0 Å². The zero-order chi connectivity index (χ0) is 11.4. The van der Waals surface area contributed by atoms with E-state index in [1.807, 2.05) is 0 Å². The number of nitrogens with two attached hydrogens (primary N) is 1. The lowest BCUT2D eigenvalue weighted by molar-refractivity contribution is 0.115. The summed E-state index contributed by atoms with van der Waals surface area (Å²) in [5, 5.41) is 0. The van der Waals surface area contributed by atoms with E-state index in [4.69, 9.17) is 14.9 Å². The molecule has 5 nitrogen and oxygen atoms in total. The van der Waals surface area contributed by atoms with Gasteiger partial charge in [-0.25, -0.2) is 0 Å². The summed E-state index contributed by atoms with van der Waals surface area (Å²) in [6, 6.07) is 0.651. The van der Waals surface area contributed by atoms with E-state index in [0.29, 0.717) is 18.7 Å². The molecule has 0 bridgehead atoms. The Labute approximate surface area is 95.6 Å². The van der Waals surface area contributed by atoms with Gasteiger partial charge in [0.05, 0.1) is 11.8 Å². The molecule has 1 aliphatic rings. The Morgan fingerprint density at radius 1 is 1.62 bits per heavy atom. The highest BCUT2D eigenvalue weighted by Crippen LogP contribution is 2.18. The van der Waals surface area contributed by atoms with Crippen molar-refractivity contribution < 1.29 is 9.15 Å². The highest BCUT2D eigenvalue weighted by atomic mass is 16.5. The van der Waals surface area contributed by atoms with Gasteiger partial charge in [0.2, 0.25) is 0 Å². The topological polar surface area (TPSA) is 64.5 Å². The summed E-state index contributed by atoms with van der Waals surface area (Å²) in [7, 11) is 0. The first-order chi connectivity index (χ1) is 7.83. The van der Waals surface area contributed by atoms with Gasteiger partial charge in [-0.15, -0.1) is 0 Å². The third kappa shape index (κ3) is 2.54. The van der Waals surface area contributed by atoms with E-state index >= 15 is 0 Å². The Balaban J connectivity index is 1.97. The summed E-state index contributed by atoms with van der Waals surface area (Å²) < 4.78 is 11.0. The van der Waals surface area contributed by atoms with Crippen molar-refractivity contribution in [2.75, 3.05) is 24.6 Å². The molecule has 2 N–H and O–H groups in total. The highest BCUT2D eigenvalue weighted by molar-refractivity contribution is 5.27. The molecule has 5 heteroatoms. The highest BCUT2D eigenvalue weighted by Gasteiger charge is 2.20. The van der Waals surface area contributed by atoms with Gasteiger partial charge in [0, 0.05) is 26.2 Å². The van der Waals surface area contributed by atoms with Gasteiger partial charge >= 0.3 is 0 Å². The number of oxazole rings is 1. The van der Waals surface area contributed by atoms with Crippen LogP contribution in [0.2, 0.25) is 0 Å². The van der Waals surface area contributed by atoms with Crippen LogP contribution >= 0.6 is 0 Å². The number of hydrogen-bond donors (Lipinski definition) is 1.